The Kier molecular flexibility index (Phi) is 9.64. The number of fused-ring (bicyclic) bond motifs is 2. The highest BCUT2D eigenvalue weighted by atomic mass is 32.1. The third-order valence-corrected chi connectivity index (χ3v) is 11.1. The summed E-state index contributed by atoms with van der Waals surface area (Å²) in [7, 11) is -0.946. The topological polar surface area (TPSA) is 79.9 Å². The first-order valence-electron chi connectivity index (χ1n) is 15.3. The molecule has 1 aliphatic heterocycles. The Morgan fingerprint density at radius 2 is 1.78 bits per heavy atom. The Hall–Kier alpha value is -3.35. The second-order valence-electron chi connectivity index (χ2n) is 13.5. The largest absolute Gasteiger partial charge is 0.495 e. The molecule has 2 aromatic carbocycles. The van der Waals surface area contributed by atoms with Gasteiger partial charge < -0.3 is 29.6 Å². The lowest BCUT2D eigenvalue weighted by molar-refractivity contribution is -0.126. The molecule has 0 radical (unpaired) electrons. The van der Waals surface area contributed by atoms with Crippen molar-refractivity contribution in [3.8, 4) is 17.6 Å². The maximum absolute atomic E-state index is 13.7. The molecule has 0 spiro atoms. The number of nitrogens with zero attached hydrogens (tertiary/aromatic N) is 1. The molecule has 2 unspecified atom stereocenters. The van der Waals surface area contributed by atoms with Gasteiger partial charge in [0.25, 0.3) is 0 Å². The molecule has 1 aromatic heterocycles. The van der Waals surface area contributed by atoms with Crippen LogP contribution in [0.25, 0.3) is 10.1 Å². The van der Waals surface area contributed by atoms with Crippen molar-refractivity contribution in [2.24, 2.45) is 11.8 Å². The molecule has 2 heterocycles. The molecule has 2 aliphatic rings. The standard InChI is InChI=1S/C34H41F3N3O4PS/c1-33(2,3)44-32(41)40-19-21-15-23(16-22(21)20-40)39-28-10-7-9-25-26(18-34(35,36)37)30(46-31(25)28)11-8-14-38-27-13-12-24(45(5,6)42)17-29(27)43-4/h7,9-10,12-13,17,21-23,38-39H,14-16,18-20H2,1-6H3. The number of carbonyl (C=O) groups excluding carboxylic acids is 1. The van der Waals surface area contributed by atoms with Crippen LogP contribution in [-0.2, 0) is 15.7 Å². The number of anilines is 2. The first-order valence-corrected chi connectivity index (χ1v) is 18.7. The van der Waals surface area contributed by atoms with Crippen molar-refractivity contribution in [3.05, 3.63) is 46.8 Å². The Balaban J connectivity index is 1.31. The van der Waals surface area contributed by atoms with Gasteiger partial charge in [-0.05, 0) is 94.0 Å². The normalized spacial score (nSPS) is 19.8. The molecule has 1 saturated heterocycles. The Bertz CT molecular complexity index is 1700. The molecule has 2 N–H and O–H groups in total. The van der Waals surface area contributed by atoms with Gasteiger partial charge in [-0.1, -0.05) is 24.0 Å². The second-order valence-corrected chi connectivity index (χ2v) is 17.7. The Morgan fingerprint density at radius 3 is 2.39 bits per heavy atom. The Morgan fingerprint density at radius 1 is 1.09 bits per heavy atom. The number of likely N-dealkylation sites (tertiary alicyclic amines) is 1. The van der Waals surface area contributed by atoms with Crippen LogP contribution in [0.3, 0.4) is 0 Å². The quantitative estimate of drug-likeness (QED) is 0.197. The van der Waals surface area contributed by atoms with E-state index in [4.69, 9.17) is 9.47 Å². The average Bonchev–Trinajstić information content (AvgIpc) is 3.61. The summed E-state index contributed by atoms with van der Waals surface area (Å²) in [6.45, 7) is 10.4. The van der Waals surface area contributed by atoms with E-state index < -0.39 is 25.3 Å². The third kappa shape index (κ3) is 8.13. The molecule has 0 bridgehead atoms. The van der Waals surface area contributed by atoms with Crippen LogP contribution in [0.15, 0.2) is 36.4 Å². The number of hydrogen-bond donors (Lipinski definition) is 2. The number of rotatable bonds is 7. The lowest BCUT2D eigenvalue weighted by atomic mass is 10.0. The molecule has 46 heavy (non-hydrogen) atoms. The lowest BCUT2D eigenvalue weighted by Crippen LogP contribution is -2.36. The molecular weight excluding hydrogens is 634 g/mol. The summed E-state index contributed by atoms with van der Waals surface area (Å²) in [5, 5.41) is 8.02. The van der Waals surface area contributed by atoms with Gasteiger partial charge in [-0.3, -0.25) is 0 Å². The van der Waals surface area contributed by atoms with Crippen LogP contribution in [0.2, 0.25) is 0 Å². The SMILES string of the molecule is COc1cc(P(C)(C)=O)ccc1NCC#Cc1sc2c(NC3CC4CN(C(=O)OC(C)(C)C)CC4C3)cccc2c1CC(F)(F)F. The van der Waals surface area contributed by atoms with Gasteiger partial charge in [0.2, 0.25) is 0 Å². The van der Waals surface area contributed by atoms with E-state index in [1.54, 1.807) is 48.6 Å². The number of hydrogen-bond acceptors (Lipinski definition) is 7. The molecule has 2 atom stereocenters. The highest BCUT2D eigenvalue weighted by Crippen LogP contribution is 2.43. The van der Waals surface area contributed by atoms with Crippen molar-refractivity contribution in [3.63, 3.8) is 0 Å². The van der Waals surface area contributed by atoms with Gasteiger partial charge in [0.05, 0.1) is 41.0 Å². The van der Waals surface area contributed by atoms with Crippen LogP contribution >= 0.6 is 18.5 Å². The van der Waals surface area contributed by atoms with Gasteiger partial charge in [0, 0.05) is 24.4 Å². The van der Waals surface area contributed by atoms with Crippen molar-refractivity contribution in [2.45, 2.75) is 57.9 Å². The number of carbonyl (C=O) groups is 1. The van der Waals surface area contributed by atoms with E-state index in [2.05, 4.69) is 22.5 Å². The van der Waals surface area contributed by atoms with E-state index in [1.165, 1.54) is 18.4 Å². The smallest absolute Gasteiger partial charge is 0.410 e. The zero-order valence-electron chi connectivity index (χ0n) is 27.0. The summed E-state index contributed by atoms with van der Waals surface area (Å²) in [6, 6.07) is 10.9. The zero-order valence-corrected chi connectivity index (χ0v) is 28.7. The fourth-order valence-electron chi connectivity index (χ4n) is 6.30. The number of methoxy groups -OCH3 is 1. The van der Waals surface area contributed by atoms with Crippen LogP contribution in [-0.4, -0.2) is 68.9 Å². The molecule has 1 aliphatic carbocycles. The minimum Gasteiger partial charge on any atom is -0.495 e. The number of nitrogens with one attached hydrogen (secondary N) is 2. The molecule has 3 aromatic rings. The van der Waals surface area contributed by atoms with E-state index in [1.807, 2.05) is 26.8 Å². The van der Waals surface area contributed by atoms with E-state index in [9.17, 15) is 22.5 Å². The second kappa shape index (κ2) is 13.0. The van der Waals surface area contributed by atoms with E-state index in [0.717, 1.165) is 23.2 Å². The fraction of sp³-hybridized carbons (Fsp3) is 0.500. The van der Waals surface area contributed by atoms with Crippen molar-refractivity contribution in [2.75, 3.05) is 50.7 Å². The van der Waals surface area contributed by atoms with Crippen LogP contribution < -0.4 is 20.7 Å². The number of ether oxygens (including phenoxy) is 2. The molecule has 1 amide bonds. The first-order chi connectivity index (χ1) is 21.5. The van der Waals surface area contributed by atoms with Crippen molar-refractivity contribution < 1.29 is 32.0 Å². The zero-order chi connectivity index (χ0) is 33.4. The van der Waals surface area contributed by atoms with Gasteiger partial charge in [-0.25, -0.2) is 4.79 Å². The van der Waals surface area contributed by atoms with Crippen molar-refractivity contribution in [1.29, 1.82) is 0 Å². The number of benzene rings is 2. The van der Waals surface area contributed by atoms with Crippen molar-refractivity contribution >= 4 is 51.3 Å². The molecule has 5 rings (SSSR count). The summed E-state index contributed by atoms with van der Waals surface area (Å²) < 4.78 is 65.4. The summed E-state index contributed by atoms with van der Waals surface area (Å²) in [6.07, 6.45) is -3.99. The van der Waals surface area contributed by atoms with Gasteiger partial charge in [-0.2, -0.15) is 13.2 Å². The molecule has 1 saturated carbocycles. The minimum atomic E-state index is -4.39. The average molecular weight is 676 g/mol. The Labute approximate surface area is 272 Å². The molecule has 7 nitrogen and oxygen atoms in total. The molecular formula is C34H41F3N3O4PS. The van der Waals surface area contributed by atoms with E-state index in [-0.39, 0.29) is 24.2 Å². The number of thiophene rings is 1. The highest BCUT2D eigenvalue weighted by Gasteiger charge is 2.43. The number of alkyl halides is 3. The molecule has 12 heteroatoms. The highest BCUT2D eigenvalue weighted by molar-refractivity contribution is 7.70. The van der Waals surface area contributed by atoms with Crippen LogP contribution in [0.1, 0.15) is 44.1 Å². The lowest BCUT2D eigenvalue weighted by Gasteiger charge is -2.25. The predicted octanol–water partition coefficient (Wildman–Crippen LogP) is 7.78. The van der Waals surface area contributed by atoms with Crippen molar-refractivity contribution in [1.82, 2.24) is 4.90 Å². The van der Waals surface area contributed by atoms with E-state index in [0.29, 0.717) is 51.9 Å². The van der Waals surface area contributed by atoms with E-state index >= 15 is 0 Å². The van der Waals surface area contributed by atoms with Gasteiger partial charge >= 0.3 is 12.3 Å². The van der Waals surface area contributed by atoms with Crippen LogP contribution in [0, 0.1) is 23.7 Å². The third-order valence-electron chi connectivity index (χ3n) is 8.33. The number of halogens is 3. The summed E-state index contributed by atoms with van der Waals surface area (Å²) in [5.74, 6) is 7.21. The maximum atomic E-state index is 13.7. The fourth-order valence-corrected chi connectivity index (χ4v) is 8.33. The molecule has 2 fully saturated rings. The molecule has 248 valence electrons. The minimum absolute atomic E-state index is 0.156. The van der Waals surface area contributed by atoms with Gasteiger partial charge in [-0.15, -0.1) is 11.3 Å². The van der Waals surface area contributed by atoms with Crippen LogP contribution in [0.5, 0.6) is 5.75 Å². The summed E-state index contributed by atoms with van der Waals surface area (Å²) >= 11 is 1.27. The van der Waals surface area contributed by atoms with Crippen LogP contribution in [0.4, 0.5) is 29.3 Å². The summed E-state index contributed by atoms with van der Waals surface area (Å²) in [5.41, 5.74) is 1.10. The first kappa shape index (κ1) is 34.0. The summed E-state index contributed by atoms with van der Waals surface area (Å²) in [4.78, 5) is 14.7. The van der Waals surface area contributed by atoms with Gasteiger partial charge in [0.15, 0.2) is 0 Å². The maximum Gasteiger partial charge on any atom is 0.410 e. The monoisotopic (exact) mass is 675 g/mol. The number of amides is 1. The van der Waals surface area contributed by atoms with Gasteiger partial charge in [0.1, 0.15) is 18.5 Å². The predicted molar refractivity (Wildman–Crippen MR) is 180 cm³/mol.